The van der Waals surface area contributed by atoms with Crippen molar-refractivity contribution in [2.75, 3.05) is 6.79 Å². The van der Waals surface area contributed by atoms with Crippen LogP contribution in [0.1, 0.15) is 70.7 Å². The summed E-state index contributed by atoms with van der Waals surface area (Å²) in [5.74, 6) is 1.16. The highest BCUT2D eigenvalue weighted by Crippen LogP contribution is 2.41. The second kappa shape index (κ2) is 8.23. The van der Waals surface area contributed by atoms with E-state index >= 15 is 0 Å². The summed E-state index contributed by atoms with van der Waals surface area (Å²) in [7, 11) is 0. The number of hydrogen-bond donors (Lipinski definition) is 0. The van der Waals surface area contributed by atoms with E-state index < -0.39 is 6.04 Å². The van der Waals surface area contributed by atoms with Crippen molar-refractivity contribution >= 4 is 16.9 Å². The zero-order chi connectivity index (χ0) is 26.1. The molecule has 0 saturated carbocycles. The Morgan fingerprint density at radius 3 is 2.32 bits per heavy atom. The standard InChI is InChI=1S/C31H29NO5/c1-17-12-22-24(13-18(17)2)37-29-26(28(22)33)27(20-7-9-21(10-8-20)31(3,4)5)32(30(29)34)15-19-6-11-23-25(14-19)36-16-35-23/h6-14,27H,15-16H2,1-5H3. The molecule has 6 rings (SSSR count). The molecule has 0 N–H and O–H groups in total. The summed E-state index contributed by atoms with van der Waals surface area (Å²) >= 11 is 0. The molecule has 1 atom stereocenters. The van der Waals surface area contributed by atoms with Crippen molar-refractivity contribution in [2.45, 2.75) is 52.6 Å². The summed E-state index contributed by atoms with van der Waals surface area (Å²) in [6.45, 7) is 10.9. The Morgan fingerprint density at radius 2 is 1.59 bits per heavy atom. The molecule has 0 fully saturated rings. The molecule has 3 heterocycles. The van der Waals surface area contributed by atoms with Gasteiger partial charge in [0.2, 0.25) is 12.6 Å². The highest BCUT2D eigenvalue weighted by atomic mass is 16.7. The van der Waals surface area contributed by atoms with Gasteiger partial charge in [0.1, 0.15) is 5.58 Å². The van der Waals surface area contributed by atoms with Crippen LogP contribution in [0.2, 0.25) is 0 Å². The molecule has 0 saturated heterocycles. The van der Waals surface area contributed by atoms with E-state index in [4.69, 9.17) is 13.9 Å². The predicted molar refractivity (Wildman–Crippen MR) is 141 cm³/mol. The number of aryl methyl sites for hydroxylation is 2. The van der Waals surface area contributed by atoms with Gasteiger partial charge in [0.05, 0.1) is 17.0 Å². The van der Waals surface area contributed by atoms with E-state index in [0.29, 0.717) is 34.6 Å². The molecular weight excluding hydrogens is 466 g/mol. The monoisotopic (exact) mass is 495 g/mol. The zero-order valence-corrected chi connectivity index (χ0v) is 21.7. The molecule has 3 aromatic carbocycles. The lowest BCUT2D eigenvalue weighted by atomic mass is 9.86. The van der Waals surface area contributed by atoms with Crippen LogP contribution in [0.15, 0.2) is 63.8 Å². The first-order valence-electron chi connectivity index (χ1n) is 12.5. The Hall–Kier alpha value is -4.06. The van der Waals surface area contributed by atoms with Crippen LogP contribution < -0.4 is 14.9 Å². The number of ether oxygens (including phenoxy) is 2. The molecule has 188 valence electrons. The van der Waals surface area contributed by atoms with Gasteiger partial charge >= 0.3 is 0 Å². The van der Waals surface area contributed by atoms with Crippen LogP contribution in [0, 0.1) is 13.8 Å². The summed E-state index contributed by atoms with van der Waals surface area (Å²) < 4.78 is 17.2. The molecule has 0 bridgehead atoms. The molecule has 0 aliphatic carbocycles. The van der Waals surface area contributed by atoms with Gasteiger partial charge in [-0.05, 0) is 71.3 Å². The van der Waals surface area contributed by atoms with Gasteiger partial charge in [0.25, 0.3) is 5.91 Å². The third-order valence-electron chi connectivity index (χ3n) is 7.46. The third kappa shape index (κ3) is 3.79. The topological polar surface area (TPSA) is 69.0 Å². The fraction of sp³-hybridized carbons (Fsp3) is 0.290. The number of nitrogens with zero attached hydrogens (tertiary/aromatic N) is 1. The van der Waals surface area contributed by atoms with Gasteiger partial charge in [0.15, 0.2) is 16.9 Å². The van der Waals surface area contributed by atoms with Gasteiger partial charge in [-0.2, -0.15) is 0 Å². The lowest BCUT2D eigenvalue weighted by molar-refractivity contribution is 0.0714. The number of rotatable bonds is 3. The molecular formula is C31H29NO5. The second-order valence-corrected chi connectivity index (χ2v) is 11.0. The quantitative estimate of drug-likeness (QED) is 0.339. The Morgan fingerprint density at radius 1 is 0.892 bits per heavy atom. The Bertz CT molecular complexity index is 1630. The molecule has 37 heavy (non-hydrogen) atoms. The molecule has 1 unspecified atom stereocenters. The number of amides is 1. The highest BCUT2D eigenvalue weighted by Gasteiger charge is 2.43. The van der Waals surface area contributed by atoms with Crippen molar-refractivity contribution in [2.24, 2.45) is 0 Å². The molecule has 1 amide bonds. The fourth-order valence-corrected chi connectivity index (χ4v) is 5.19. The van der Waals surface area contributed by atoms with Crippen LogP contribution >= 0.6 is 0 Å². The minimum Gasteiger partial charge on any atom is -0.454 e. The number of carbonyl (C=O) groups is 1. The summed E-state index contributed by atoms with van der Waals surface area (Å²) in [5, 5.41) is 0.496. The molecule has 0 radical (unpaired) electrons. The second-order valence-electron chi connectivity index (χ2n) is 11.0. The van der Waals surface area contributed by atoms with Crippen molar-refractivity contribution in [1.29, 1.82) is 0 Å². The minimum atomic E-state index is -0.566. The Kier molecular flexibility index (Phi) is 5.19. The number of carbonyl (C=O) groups excluding carboxylic acids is 1. The molecule has 2 aliphatic heterocycles. The molecule has 1 aromatic heterocycles. The smallest absolute Gasteiger partial charge is 0.291 e. The van der Waals surface area contributed by atoms with E-state index in [1.165, 1.54) is 5.56 Å². The van der Waals surface area contributed by atoms with Crippen LogP contribution in [0.4, 0.5) is 0 Å². The largest absolute Gasteiger partial charge is 0.454 e. The van der Waals surface area contributed by atoms with Crippen LogP contribution in [-0.4, -0.2) is 17.6 Å². The Labute approximate surface area is 215 Å². The third-order valence-corrected chi connectivity index (χ3v) is 7.46. The van der Waals surface area contributed by atoms with Crippen molar-refractivity contribution in [1.82, 2.24) is 4.90 Å². The van der Waals surface area contributed by atoms with Gasteiger partial charge in [-0.15, -0.1) is 0 Å². The molecule has 2 aliphatic rings. The van der Waals surface area contributed by atoms with Crippen molar-refractivity contribution in [3.63, 3.8) is 0 Å². The summed E-state index contributed by atoms with van der Waals surface area (Å²) in [5.41, 5.74) is 5.60. The first kappa shape index (κ1) is 23.3. The van der Waals surface area contributed by atoms with E-state index in [1.807, 2.05) is 56.3 Å². The van der Waals surface area contributed by atoms with E-state index in [0.717, 1.165) is 22.3 Å². The maximum atomic E-state index is 13.9. The zero-order valence-electron chi connectivity index (χ0n) is 21.7. The maximum Gasteiger partial charge on any atom is 0.291 e. The minimum absolute atomic E-state index is 0.0152. The Balaban J connectivity index is 1.52. The summed E-state index contributed by atoms with van der Waals surface area (Å²) in [6.07, 6.45) is 0. The number of hydrogen-bond acceptors (Lipinski definition) is 5. The average molecular weight is 496 g/mol. The van der Waals surface area contributed by atoms with Gasteiger partial charge in [0, 0.05) is 6.54 Å². The lowest BCUT2D eigenvalue weighted by Gasteiger charge is -2.26. The van der Waals surface area contributed by atoms with Crippen LogP contribution in [0.5, 0.6) is 11.5 Å². The van der Waals surface area contributed by atoms with Crippen LogP contribution in [0.3, 0.4) is 0 Å². The van der Waals surface area contributed by atoms with Gasteiger partial charge in [-0.25, -0.2) is 0 Å². The van der Waals surface area contributed by atoms with Crippen molar-refractivity contribution in [3.05, 3.63) is 104 Å². The van der Waals surface area contributed by atoms with Crippen molar-refractivity contribution < 1.29 is 18.7 Å². The first-order chi connectivity index (χ1) is 17.6. The van der Waals surface area contributed by atoms with E-state index in [2.05, 4.69) is 32.9 Å². The highest BCUT2D eigenvalue weighted by molar-refractivity contribution is 5.99. The van der Waals surface area contributed by atoms with E-state index in [-0.39, 0.29) is 29.3 Å². The average Bonchev–Trinajstić information content (AvgIpc) is 3.43. The summed E-state index contributed by atoms with van der Waals surface area (Å²) in [4.78, 5) is 29.5. The van der Waals surface area contributed by atoms with Gasteiger partial charge in [-0.1, -0.05) is 51.1 Å². The molecule has 0 spiro atoms. The SMILES string of the molecule is Cc1cc2oc3c(c(=O)c2cc1C)C(c1ccc(C(C)(C)C)cc1)N(Cc1ccc2c(c1)OCO2)C3=O. The predicted octanol–water partition coefficient (Wildman–Crippen LogP) is 6.18. The van der Waals surface area contributed by atoms with E-state index in [1.54, 1.807) is 4.90 Å². The number of fused-ring (bicyclic) bond motifs is 3. The lowest BCUT2D eigenvalue weighted by Crippen LogP contribution is -2.29. The van der Waals surface area contributed by atoms with Gasteiger partial charge < -0.3 is 18.8 Å². The van der Waals surface area contributed by atoms with Crippen molar-refractivity contribution in [3.8, 4) is 11.5 Å². The maximum absolute atomic E-state index is 13.9. The fourth-order valence-electron chi connectivity index (χ4n) is 5.19. The summed E-state index contributed by atoms with van der Waals surface area (Å²) in [6, 6.07) is 17.0. The van der Waals surface area contributed by atoms with Gasteiger partial charge in [-0.3, -0.25) is 9.59 Å². The molecule has 6 nitrogen and oxygen atoms in total. The van der Waals surface area contributed by atoms with Crippen LogP contribution in [-0.2, 0) is 12.0 Å². The first-order valence-corrected chi connectivity index (χ1v) is 12.5. The molecule has 6 heteroatoms. The number of benzene rings is 3. The molecule has 4 aromatic rings. The van der Waals surface area contributed by atoms with Crippen LogP contribution in [0.25, 0.3) is 11.0 Å². The van der Waals surface area contributed by atoms with E-state index in [9.17, 15) is 9.59 Å². The normalized spacial score (nSPS) is 16.5.